The highest BCUT2D eigenvalue weighted by atomic mass is 35.5. The lowest BCUT2D eigenvalue weighted by Crippen LogP contribution is -2.51. The van der Waals surface area contributed by atoms with Crippen LogP contribution in [0.4, 0.5) is 0 Å². The number of thioether (sulfide) groups is 1. The van der Waals surface area contributed by atoms with Gasteiger partial charge in [0.15, 0.2) is 0 Å². The maximum Gasteiger partial charge on any atom is 0.254 e. The number of amides is 1. The van der Waals surface area contributed by atoms with Crippen molar-refractivity contribution >= 4 is 40.9 Å². The zero-order valence-electron chi connectivity index (χ0n) is 11.4. The Labute approximate surface area is 137 Å². The molecular weight excluding hydrogens is 331 g/mol. The average Bonchev–Trinajstić information content (AvgIpc) is 2.48. The summed E-state index contributed by atoms with van der Waals surface area (Å²) < 4.78 is 5.24. The van der Waals surface area contributed by atoms with Gasteiger partial charge in [-0.25, -0.2) is 0 Å². The number of hydrogen-bond donors (Lipinski definition) is 1. The molecule has 0 atom stereocenters. The largest absolute Gasteiger partial charge is 0.381 e. The van der Waals surface area contributed by atoms with E-state index in [1.54, 1.807) is 12.1 Å². The molecule has 112 valence electrons. The Balaban J connectivity index is 2.26. The van der Waals surface area contributed by atoms with Crippen LogP contribution in [0, 0.1) is 11.3 Å². The molecule has 2 rings (SSSR count). The van der Waals surface area contributed by atoms with Gasteiger partial charge >= 0.3 is 0 Å². The Bertz CT molecular complexity index is 595. The van der Waals surface area contributed by atoms with E-state index >= 15 is 0 Å². The van der Waals surface area contributed by atoms with E-state index in [4.69, 9.17) is 27.9 Å². The fraction of sp³-hybridized carbons (Fsp3) is 0.429. The second-order valence-electron chi connectivity index (χ2n) is 4.73. The fourth-order valence-corrected chi connectivity index (χ4v) is 3.32. The molecule has 0 unspecified atom stereocenters. The van der Waals surface area contributed by atoms with Gasteiger partial charge in [-0.05, 0) is 18.4 Å². The Kier molecular flexibility index (Phi) is 5.39. The standard InChI is InChI=1S/C14H14Cl2N2O2S/c1-21-12-6-9(10(15)7-11(12)16)13(19)18-14(8-17)2-4-20-5-3-14/h6-7H,2-5H2,1H3,(H,18,19). The molecule has 1 heterocycles. The minimum absolute atomic E-state index is 0.274. The maximum atomic E-state index is 12.4. The normalized spacial score (nSPS) is 17.0. The van der Waals surface area contributed by atoms with E-state index in [-0.39, 0.29) is 10.9 Å². The van der Waals surface area contributed by atoms with Crippen molar-refractivity contribution in [3.8, 4) is 6.07 Å². The van der Waals surface area contributed by atoms with Crippen LogP contribution >= 0.6 is 35.0 Å². The molecule has 1 fully saturated rings. The van der Waals surface area contributed by atoms with Gasteiger partial charge in [0.1, 0.15) is 5.54 Å². The van der Waals surface area contributed by atoms with Crippen molar-refractivity contribution < 1.29 is 9.53 Å². The van der Waals surface area contributed by atoms with E-state index in [1.807, 2.05) is 6.26 Å². The van der Waals surface area contributed by atoms with Gasteiger partial charge < -0.3 is 10.1 Å². The lowest BCUT2D eigenvalue weighted by molar-refractivity contribution is 0.0531. The van der Waals surface area contributed by atoms with Gasteiger partial charge in [0.25, 0.3) is 5.91 Å². The van der Waals surface area contributed by atoms with Crippen molar-refractivity contribution in [2.24, 2.45) is 0 Å². The summed E-state index contributed by atoms with van der Waals surface area (Å²) in [4.78, 5) is 13.2. The molecule has 0 aromatic heterocycles. The van der Waals surface area contributed by atoms with Crippen molar-refractivity contribution in [1.29, 1.82) is 5.26 Å². The van der Waals surface area contributed by atoms with Gasteiger partial charge in [0.05, 0.1) is 21.7 Å². The lowest BCUT2D eigenvalue weighted by atomic mass is 9.91. The molecule has 1 N–H and O–H groups in total. The first-order valence-corrected chi connectivity index (χ1v) is 8.34. The first-order chi connectivity index (χ1) is 10.0. The topological polar surface area (TPSA) is 62.1 Å². The summed E-state index contributed by atoms with van der Waals surface area (Å²) in [5.41, 5.74) is -0.566. The average molecular weight is 345 g/mol. The maximum absolute atomic E-state index is 12.4. The molecule has 4 nitrogen and oxygen atoms in total. The number of rotatable bonds is 3. The summed E-state index contributed by atoms with van der Waals surface area (Å²) >= 11 is 13.6. The minimum atomic E-state index is -0.891. The molecular formula is C14H14Cl2N2O2S. The molecule has 1 aromatic rings. The van der Waals surface area contributed by atoms with Crippen molar-refractivity contribution in [3.05, 3.63) is 27.7 Å². The molecule has 0 radical (unpaired) electrons. The first-order valence-electron chi connectivity index (χ1n) is 6.36. The van der Waals surface area contributed by atoms with E-state index in [1.165, 1.54) is 11.8 Å². The van der Waals surface area contributed by atoms with Crippen LogP contribution in [0.5, 0.6) is 0 Å². The van der Waals surface area contributed by atoms with E-state index in [9.17, 15) is 10.1 Å². The Morgan fingerprint density at radius 3 is 2.62 bits per heavy atom. The zero-order valence-corrected chi connectivity index (χ0v) is 13.7. The van der Waals surface area contributed by atoms with Crippen LogP contribution in [-0.4, -0.2) is 30.9 Å². The van der Waals surface area contributed by atoms with Crippen molar-refractivity contribution in [2.45, 2.75) is 23.3 Å². The highest BCUT2D eigenvalue weighted by Crippen LogP contribution is 2.31. The highest BCUT2D eigenvalue weighted by Gasteiger charge is 2.35. The monoisotopic (exact) mass is 344 g/mol. The predicted octanol–water partition coefficient (Wildman–Crippen LogP) is 3.52. The molecule has 0 saturated carbocycles. The van der Waals surface area contributed by atoms with Crippen LogP contribution in [0.1, 0.15) is 23.2 Å². The highest BCUT2D eigenvalue weighted by molar-refractivity contribution is 7.98. The third-order valence-electron chi connectivity index (χ3n) is 3.40. The molecule has 1 aromatic carbocycles. The third-order valence-corrected chi connectivity index (χ3v) is 4.91. The summed E-state index contributed by atoms with van der Waals surface area (Å²) in [6.07, 6.45) is 2.80. The van der Waals surface area contributed by atoms with Gasteiger partial charge in [-0.3, -0.25) is 4.79 Å². The summed E-state index contributed by atoms with van der Waals surface area (Å²) in [5.74, 6) is -0.365. The quantitative estimate of drug-likeness (QED) is 0.852. The smallest absolute Gasteiger partial charge is 0.254 e. The van der Waals surface area contributed by atoms with Gasteiger partial charge in [-0.2, -0.15) is 5.26 Å². The van der Waals surface area contributed by atoms with Crippen molar-refractivity contribution in [3.63, 3.8) is 0 Å². The molecule has 1 aliphatic rings. The van der Waals surface area contributed by atoms with Crippen LogP contribution in [0.2, 0.25) is 10.0 Å². The molecule has 0 bridgehead atoms. The predicted molar refractivity (Wildman–Crippen MR) is 84.1 cm³/mol. The second kappa shape index (κ2) is 6.89. The molecule has 0 aliphatic carbocycles. The number of halogens is 2. The fourth-order valence-electron chi connectivity index (χ4n) is 2.13. The van der Waals surface area contributed by atoms with Crippen LogP contribution in [-0.2, 0) is 4.74 Å². The number of nitrogens with zero attached hydrogens (tertiary/aromatic N) is 1. The molecule has 1 amide bonds. The Morgan fingerprint density at radius 2 is 2.05 bits per heavy atom. The van der Waals surface area contributed by atoms with E-state index in [0.717, 1.165) is 4.90 Å². The van der Waals surface area contributed by atoms with Gasteiger partial charge in [0, 0.05) is 31.0 Å². The number of ether oxygens (including phenoxy) is 1. The summed E-state index contributed by atoms with van der Waals surface area (Å²) in [6.45, 7) is 0.913. The van der Waals surface area contributed by atoms with E-state index in [2.05, 4.69) is 11.4 Å². The molecule has 21 heavy (non-hydrogen) atoms. The minimum Gasteiger partial charge on any atom is -0.381 e. The Hall–Kier alpha value is -0.930. The number of hydrogen-bond acceptors (Lipinski definition) is 4. The van der Waals surface area contributed by atoms with E-state index in [0.29, 0.717) is 36.6 Å². The summed E-state index contributed by atoms with van der Waals surface area (Å²) in [5, 5.41) is 12.9. The Morgan fingerprint density at radius 1 is 1.38 bits per heavy atom. The number of carbonyl (C=O) groups is 1. The van der Waals surface area contributed by atoms with Crippen molar-refractivity contribution in [2.75, 3.05) is 19.5 Å². The number of benzene rings is 1. The summed E-state index contributed by atoms with van der Waals surface area (Å²) in [6, 6.07) is 5.39. The second-order valence-corrected chi connectivity index (χ2v) is 6.39. The van der Waals surface area contributed by atoms with Gasteiger partial charge in [-0.15, -0.1) is 11.8 Å². The number of nitriles is 1. The lowest BCUT2D eigenvalue weighted by Gasteiger charge is -2.31. The third kappa shape index (κ3) is 3.64. The van der Waals surface area contributed by atoms with Crippen LogP contribution in [0.15, 0.2) is 17.0 Å². The van der Waals surface area contributed by atoms with E-state index < -0.39 is 5.54 Å². The molecule has 1 saturated heterocycles. The number of carbonyl (C=O) groups excluding carboxylic acids is 1. The van der Waals surface area contributed by atoms with Crippen LogP contribution < -0.4 is 5.32 Å². The molecule has 7 heteroatoms. The van der Waals surface area contributed by atoms with Crippen LogP contribution in [0.25, 0.3) is 0 Å². The summed E-state index contributed by atoms with van der Waals surface area (Å²) in [7, 11) is 0. The SMILES string of the molecule is CSc1cc(C(=O)NC2(C#N)CCOCC2)c(Cl)cc1Cl. The molecule has 0 spiro atoms. The molecule has 1 aliphatic heterocycles. The first kappa shape index (κ1) is 16.4. The van der Waals surface area contributed by atoms with Gasteiger partial charge in [-0.1, -0.05) is 23.2 Å². The van der Waals surface area contributed by atoms with Gasteiger partial charge in [0.2, 0.25) is 0 Å². The van der Waals surface area contributed by atoms with Crippen molar-refractivity contribution in [1.82, 2.24) is 5.32 Å². The van der Waals surface area contributed by atoms with Crippen LogP contribution in [0.3, 0.4) is 0 Å². The zero-order chi connectivity index (χ0) is 15.5. The number of nitrogens with one attached hydrogen (secondary N) is 1.